The van der Waals surface area contributed by atoms with Crippen LogP contribution in [0, 0.1) is 18.3 Å². The fraction of sp³-hybridized carbons (Fsp3) is 0.647. The SMILES string of the molecule is Cc1ccc2c(cnn2C2CCCCO2)c1N1CCc2c(nc(OC3([C@@H]4CCCN4C)CC3)nc2N2CCN[C@@H](CC#N)C2)C1. The van der Waals surface area contributed by atoms with Gasteiger partial charge in [-0.2, -0.15) is 20.3 Å². The van der Waals surface area contributed by atoms with E-state index in [4.69, 9.17) is 24.5 Å². The minimum absolute atomic E-state index is 0.00134. The lowest BCUT2D eigenvalue weighted by atomic mass is 10.0. The zero-order chi connectivity index (χ0) is 30.5. The highest BCUT2D eigenvalue weighted by molar-refractivity contribution is 5.94. The molecule has 5 aliphatic rings. The molecule has 0 bridgehead atoms. The van der Waals surface area contributed by atoms with Crippen LogP contribution in [0.4, 0.5) is 11.5 Å². The molecule has 4 aliphatic heterocycles. The summed E-state index contributed by atoms with van der Waals surface area (Å²) in [7, 11) is 2.22. The highest BCUT2D eigenvalue weighted by atomic mass is 16.5. The van der Waals surface area contributed by atoms with E-state index in [9.17, 15) is 5.26 Å². The van der Waals surface area contributed by atoms with Gasteiger partial charge in [0, 0.05) is 55.8 Å². The lowest BCUT2D eigenvalue weighted by Gasteiger charge is -2.38. The maximum atomic E-state index is 9.41. The predicted octanol–water partition coefficient (Wildman–Crippen LogP) is 4.09. The molecule has 11 heteroatoms. The van der Waals surface area contributed by atoms with Gasteiger partial charge in [-0.15, -0.1) is 0 Å². The number of hydrogen-bond donors (Lipinski definition) is 1. The molecular formula is C34H45N9O2. The Morgan fingerprint density at radius 1 is 1.11 bits per heavy atom. The van der Waals surface area contributed by atoms with Crippen molar-refractivity contribution >= 4 is 22.4 Å². The summed E-state index contributed by atoms with van der Waals surface area (Å²) in [5.74, 6) is 0.992. The van der Waals surface area contributed by atoms with Crippen LogP contribution in [0.5, 0.6) is 6.01 Å². The Balaban J connectivity index is 1.14. The standard InChI is InChI=1S/C34H45N9O2/c1-23-8-9-28-26(20-37-43(28)30-7-3-4-19-44-30)31(23)41-17-11-25-27(22-41)38-33(45-34(12-13-34)29-6-5-16-40(29)2)39-32(25)42-18-15-36-24(21-42)10-14-35/h8-9,20,24,29-30,36H,3-7,10-13,15-19,21-22H2,1-2H3/t24-,29-,30?/m0/s1. The molecule has 0 spiro atoms. The molecule has 1 unspecified atom stereocenters. The van der Waals surface area contributed by atoms with Gasteiger partial charge in [0.05, 0.1) is 42.1 Å². The molecule has 3 aromatic rings. The van der Waals surface area contributed by atoms with Gasteiger partial charge in [-0.25, -0.2) is 4.68 Å². The quantitative estimate of drug-likeness (QED) is 0.420. The van der Waals surface area contributed by atoms with Crippen LogP contribution in [-0.2, 0) is 17.7 Å². The molecule has 4 fully saturated rings. The van der Waals surface area contributed by atoms with Crippen LogP contribution >= 0.6 is 0 Å². The Labute approximate surface area is 265 Å². The fourth-order valence-electron chi connectivity index (χ4n) is 8.32. The molecule has 8 rings (SSSR count). The van der Waals surface area contributed by atoms with Crippen molar-refractivity contribution in [3.8, 4) is 12.1 Å². The third kappa shape index (κ3) is 5.30. The van der Waals surface area contributed by atoms with Crippen LogP contribution in [0.25, 0.3) is 10.9 Å². The maximum Gasteiger partial charge on any atom is 0.319 e. The molecule has 6 heterocycles. The van der Waals surface area contributed by atoms with E-state index in [-0.39, 0.29) is 17.9 Å². The van der Waals surface area contributed by atoms with E-state index in [1.807, 2.05) is 6.20 Å². The number of anilines is 2. The molecule has 1 saturated carbocycles. The van der Waals surface area contributed by atoms with Crippen molar-refractivity contribution in [1.29, 1.82) is 5.26 Å². The Morgan fingerprint density at radius 2 is 2.02 bits per heavy atom. The number of ether oxygens (including phenoxy) is 2. The smallest absolute Gasteiger partial charge is 0.319 e. The summed E-state index contributed by atoms with van der Waals surface area (Å²) in [6, 6.07) is 7.83. The second-order valence-electron chi connectivity index (χ2n) is 13.8. The van der Waals surface area contributed by atoms with Crippen LogP contribution in [-0.4, -0.2) is 88.7 Å². The van der Waals surface area contributed by atoms with E-state index in [0.29, 0.717) is 25.0 Å². The van der Waals surface area contributed by atoms with Gasteiger partial charge in [0.25, 0.3) is 0 Å². The third-order valence-electron chi connectivity index (χ3n) is 10.8. The summed E-state index contributed by atoms with van der Waals surface area (Å²) < 4.78 is 15.0. The molecule has 45 heavy (non-hydrogen) atoms. The molecule has 0 radical (unpaired) electrons. The molecule has 1 N–H and O–H groups in total. The monoisotopic (exact) mass is 611 g/mol. The number of likely N-dealkylation sites (tertiary alicyclic amines) is 1. The van der Waals surface area contributed by atoms with Gasteiger partial charge in [-0.1, -0.05) is 6.07 Å². The Morgan fingerprint density at radius 3 is 2.80 bits per heavy atom. The number of nitrogens with one attached hydrogen (secondary N) is 1. The first-order chi connectivity index (χ1) is 22.0. The normalized spacial score (nSPS) is 26.6. The average Bonchev–Trinajstić information content (AvgIpc) is 3.47. The van der Waals surface area contributed by atoms with Crippen LogP contribution in [0.3, 0.4) is 0 Å². The first-order valence-corrected chi connectivity index (χ1v) is 17.0. The van der Waals surface area contributed by atoms with Crippen LogP contribution < -0.4 is 19.9 Å². The molecule has 238 valence electrons. The number of fused-ring (bicyclic) bond motifs is 2. The predicted molar refractivity (Wildman–Crippen MR) is 173 cm³/mol. The second kappa shape index (κ2) is 11.7. The molecule has 11 nitrogen and oxygen atoms in total. The van der Waals surface area contributed by atoms with Gasteiger partial charge in [0.15, 0.2) is 6.23 Å². The van der Waals surface area contributed by atoms with E-state index < -0.39 is 0 Å². The van der Waals surface area contributed by atoms with E-state index in [1.54, 1.807) is 0 Å². The van der Waals surface area contributed by atoms with Crippen molar-refractivity contribution in [2.75, 3.05) is 56.2 Å². The average molecular weight is 612 g/mol. The molecule has 3 saturated heterocycles. The number of rotatable bonds is 7. The summed E-state index contributed by atoms with van der Waals surface area (Å²) in [4.78, 5) is 17.6. The first-order valence-electron chi connectivity index (χ1n) is 17.0. The summed E-state index contributed by atoms with van der Waals surface area (Å²) >= 11 is 0. The number of nitriles is 1. The van der Waals surface area contributed by atoms with Gasteiger partial charge in [0.2, 0.25) is 0 Å². The Hall–Kier alpha value is -3.46. The number of nitrogens with zero attached hydrogens (tertiary/aromatic N) is 8. The highest BCUT2D eigenvalue weighted by Gasteiger charge is 2.55. The van der Waals surface area contributed by atoms with Gasteiger partial charge in [-0.3, -0.25) is 4.90 Å². The topological polar surface area (TPSA) is 108 Å². The number of hydrogen-bond acceptors (Lipinski definition) is 10. The van der Waals surface area contributed by atoms with Crippen molar-refractivity contribution in [1.82, 2.24) is 30.0 Å². The zero-order valence-electron chi connectivity index (χ0n) is 26.7. The minimum Gasteiger partial charge on any atom is -0.455 e. The zero-order valence-corrected chi connectivity index (χ0v) is 26.7. The van der Waals surface area contributed by atoms with Gasteiger partial charge < -0.3 is 24.6 Å². The number of aromatic nitrogens is 4. The minimum atomic E-state index is -0.185. The van der Waals surface area contributed by atoms with E-state index in [1.165, 1.54) is 41.5 Å². The molecular weight excluding hydrogens is 566 g/mol. The Kier molecular flexibility index (Phi) is 7.55. The summed E-state index contributed by atoms with van der Waals surface area (Å²) in [5, 5.41) is 18.9. The number of piperazine rings is 1. The van der Waals surface area contributed by atoms with Gasteiger partial charge in [0.1, 0.15) is 11.4 Å². The number of aryl methyl sites for hydroxylation is 1. The highest BCUT2D eigenvalue weighted by Crippen LogP contribution is 2.48. The number of likely N-dealkylation sites (N-methyl/N-ethyl adjacent to an activating group) is 1. The molecule has 1 aliphatic carbocycles. The van der Waals surface area contributed by atoms with Crippen molar-refractivity contribution in [3.63, 3.8) is 0 Å². The van der Waals surface area contributed by atoms with Gasteiger partial charge >= 0.3 is 6.01 Å². The van der Waals surface area contributed by atoms with Crippen LogP contribution in [0.2, 0.25) is 0 Å². The Bertz CT molecular complexity index is 1610. The third-order valence-corrected chi connectivity index (χ3v) is 10.8. The molecule has 3 atom stereocenters. The summed E-state index contributed by atoms with van der Waals surface area (Å²) in [5.41, 5.74) is 5.67. The van der Waals surface area contributed by atoms with E-state index in [0.717, 1.165) is 88.5 Å². The lowest BCUT2D eigenvalue weighted by molar-refractivity contribution is -0.0366. The fourth-order valence-corrected chi connectivity index (χ4v) is 8.32. The van der Waals surface area contributed by atoms with Crippen LogP contribution in [0.15, 0.2) is 18.3 Å². The number of benzene rings is 1. The second-order valence-corrected chi connectivity index (χ2v) is 13.8. The summed E-state index contributed by atoms with van der Waals surface area (Å²) in [6.07, 6.45) is 11.1. The first kappa shape index (κ1) is 29.0. The largest absolute Gasteiger partial charge is 0.455 e. The van der Waals surface area contributed by atoms with Gasteiger partial charge in [-0.05, 0) is 83.5 Å². The molecule has 1 aromatic carbocycles. The van der Waals surface area contributed by atoms with E-state index >= 15 is 0 Å². The van der Waals surface area contributed by atoms with Crippen molar-refractivity contribution in [3.05, 3.63) is 35.2 Å². The lowest BCUT2D eigenvalue weighted by Crippen LogP contribution is -2.51. The summed E-state index contributed by atoms with van der Waals surface area (Å²) in [6.45, 7) is 8.13. The molecule has 0 amide bonds. The van der Waals surface area contributed by atoms with Crippen molar-refractivity contribution < 1.29 is 9.47 Å². The molecule has 2 aromatic heterocycles. The van der Waals surface area contributed by atoms with Crippen molar-refractivity contribution in [2.45, 2.75) is 95.2 Å². The van der Waals surface area contributed by atoms with Crippen molar-refractivity contribution in [2.24, 2.45) is 0 Å². The van der Waals surface area contributed by atoms with Crippen LogP contribution in [0.1, 0.15) is 74.4 Å². The van der Waals surface area contributed by atoms with E-state index in [2.05, 4.69) is 56.9 Å². The maximum absolute atomic E-state index is 9.41.